The molecular weight excluding hydrogens is 284 g/mol. The zero-order valence-electron chi connectivity index (χ0n) is 15.5. The van der Waals surface area contributed by atoms with E-state index in [9.17, 15) is 5.11 Å². The molecule has 0 saturated heterocycles. The van der Waals surface area contributed by atoms with Gasteiger partial charge in [0.15, 0.2) is 0 Å². The molecule has 0 amide bonds. The molecule has 2 heteroatoms. The number of fused-ring (bicyclic) bond motifs is 2. The van der Waals surface area contributed by atoms with Crippen LogP contribution in [0.3, 0.4) is 0 Å². The van der Waals surface area contributed by atoms with Gasteiger partial charge in [0.25, 0.3) is 0 Å². The van der Waals surface area contributed by atoms with Crippen molar-refractivity contribution in [2.24, 2.45) is 11.8 Å². The smallest absolute Gasteiger partial charge is 0.0607 e. The summed E-state index contributed by atoms with van der Waals surface area (Å²) in [6.45, 7) is 3.23. The highest BCUT2D eigenvalue weighted by Gasteiger charge is 2.45. The van der Waals surface area contributed by atoms with Gasteiger partial charge in [0.2, 0.25) is 0 Å². The summed E-state index contributed by atoms with van der Waals surface area (Å²) in [6.07, 6.45) is 20.6. The molecular formula is C21H40O2. The van der Waals surface area contributed by atoms with Crippen molar-refractivity contribution in [2.45, 2.75) is 115 Å². The summed E-state index contributed by atoms with van der Waals surface area (Å²) in [5.41, 5.74) is 0. The van der Waals surface area contributed by atoms with Crippen molar-refractivity contribution in [2.75, 3.05) is 6.61 Å². The van der Waals surface area contributed by atoms with Crippen LogP contribution in [0.15, 0.2) is 0 Å². The molecule has 2 nitrogen and oxygen atoms in total. The topological polar surface area (TPSA) is 29.5 Å². The van der Waals surface area contributed by atoms with E-state index < -0.39 is 0 Å². The minimum absolute atomic E-state index is 0.0218. The maximum absolute atomic E-state index is 9.77. The Morgan fingerprint density at radius 3 is 1.74 bits per heavy atom. The van der Waals surface area contributed by atoms with Gasteiger partial charge in [-0.1, -0.05) is 77.6 Å². The molecule has 2 aliphatic carbocycles. The van der Waals surface area contributed by atoms with Gasteiger partial charge in [-0.15, -0.1) is 0 Å². The molecule has 0 aromatic carbocycles. The van der Waals surface area contributed by atoms with Gasteiger partial charge in [-0.05, 0) is 37.5 Å². The maximum Gasteiger partial charge on any atom is 0.0607 e. The van der Waals surface area contributed by atoms with Crippen LogP contribution >= 0.6 is 0 Å². The second-order valence-electron chi connectivity index (χ2n) is 8.09. The molecule has 2 aliphatic rings. The van der Waals surface area contributed by atoms with E-state index in [1.165, 1.54) is 83.5 Å². The molecule has 2 bridgehead atoms. The SMILES string of the molecule is CCCCCCCCCCCCCCOC1CC2CC1CC2O. The van der Waals surface area contributed by atoms with E-state index >= 15 is 0 Å². The first kappa shape index (κ1) is 19.2. The van der Waals surface area contributed by atoms with Crippen LogP contribution in [-0.2, 0) is 4.74 Å². The maximum atomic E-state index is 9.77. The average molecular weight is 325 g/mol. The van der Waals surface area contributed by atoms with Gasteiger partial charge < -0.3 is 9.84 Å². The van der Waals surface area contributed by atoms with Crippen molar-refractivity contribution in [1.82, 2.24) is 0 Å². The van der Waals surface area contributed by atoms with Crippen molar-refractivity contribution in [1.29, 1.82) is 0 Å². The van der Waals surface area contributed by atoms with Crippen LogP contribution in [0.25, 0.3) is 0 Å². The molecule has 0 aromatic heterocycles. The van der Waals surface area contributed by atoms with E-state index in [4.69, 9.17) is 4.74 Å². The van der Waals surface area contributed by atoms with Crippen LogP contribution in [-0.4, -0.2) is 23.9 Å². The number of unbranched alkanes of at least 4 members (excludes halogenated alkanes) is 11. The molecule has 136 valence electrons. The number of rotatable bonds is 14. The first-order chi connectivity index (χ1) is 11.3. The van der Waals surface area contributed by atoms with Crippen LogP contribution < -0.4 is 0 Å². The molecule has 0 aromatic rings. The van der Waals surface area contributed by atoms with Gasteiger partial charge in [0.05, 0.1) is 12.2 Å². The minimum atomic E-state index is -0.0218. The molecule has 4 unspecified atom stereocenters. The van der Waals surface area contributed by atoms with Crippen LogP contribution in [0.1, 0.15) is 103 Å². The number of ether oxygens (including phenoxy) is 1. The Hall–Kier alpha value is -0.0800. The molecule has 1 N–H and O–H groups in total. The van der Waals surface area contributed by atoms with Crippen LogP contribution in [0.5, 0.6) is 0 Å². The highest BCUT2D eigenvalue weighted by atomic mass is 16.5. The van der Waals surface area contributed by atoms with E-state index in [0.29, 0.717) is 17.9 Å². The normalized spacial score (nSPS) is 29.5. The van der Waals surface area contributed by atoms with Crippen LogP contribution in [0, 0.1) is 11.8 Å². The molecule has 0 radical (unpaired) electrons. The molecule has 23 heavy (non-hydrogen) atoms. The van der Waals surface area contributed by atoms with E-state index in [1.807, 2.05) is 0 Å². The van der Waals surface area contributed by atoms with Crippen LogP contribution in [0.4, 0.5) is 0 Å². The highest BCUT2D eigenvalue weighted by Crippen LogP contribution is 2.46. The summed E-state index contributed by atoms with van der Waals surface area (Å²) in [4.78, 5) is 0. The summed E-state index contributed by atoms with van der Waals surface area (Å²) in [5, 5.41) is 9.77. The third-order valence-corrected chi connectivity index (χ3v) is 6.08. The van der Waals surface area contributed by atoms with Gasteiger partial charge >= 0.3 is 0 Å². The van der Waals surface area contributed by atoms with Gasteiger partial charge in [-0.25, -0.2) is 0 Å². The molecule has 0 heterocycles. The molecule has 2 fully saturated rings. The lowest BCUT2D eigenvalue weighted by atomic mass is 9.95. The monoisotopic (exact) mass is 324 g/mol. The standard InChI is InChI=1S/C21H40O2/c1-2-3-4-5-6-7-8-9-10-11-12-13-14-23-21-17-18-15-19(21)16-20(18)22/h18-22H,2-17H2,1H3. The fourth-order valence-corrected chi connectivity index (χ4v) is 4.57. The Balaban J connectivity index is 1.29. The molecule has 0 spiro atoms. The fraction of sp³-hybridized carbons (Fsp3) is 1.00. The summed E-state index contributed by atoms with van der Waals surface area (Å²) in [6, 6.07) is 0. The predicted octanol–water partition coefficient (Wildman–Crippen LogP) is 5.86. The van der Waals surface area contributed by atoms with Gasteiger partial charge in [0, 0.05) is 6.61 Å². The molecule has 2 rings (SSSR count). The zero-order valence-corrected chi connectivity index (χ0v) is 15.5. The summed E-state index contributed by atoms with van der Waals surface area (Å²) >= 11 is 0. The number of aliphatic hydroxyl groups excluding tert-OH is 1. The van der Waals surface area contributed by atoms with Crippen molar-refractivity contribution in [3.8, 4) is 0 Å². The predicted molar refractivity (Wildman–Crippen MR) is 97.7 cm³/mol. The van der Waals surface area contributed by atoms with Gasteiger partial charge in [-0.3, -0.25) is 0 Å². The average Bonchev–Trinajstić information content (AvgIpc) is 3.11. The first-order valence-corrected chi connectivity index (χ1v) is 10.6. The third-order valence-electron chi connectivity index (χ3n) is 6.08. The van der Waals surface area contributed by atoms with E-state index in [2.05, 4.69) is 6.92 Å². The highest BCUT2D eigenvalue weighted by molar-refractivity contribution is 4.96. The van der Waals surface area contributed by atoms with Gasteiger partial charge in [-0.2, -0.15) is 0 Å². The lowest BCUT2D eigenvalue weighted by Crippen LogP contribution is -2.27. The minimum Gasteiger partial charge on any atom is -0.393 e. The Labute approximate surface area is 144 Å². The number of hydrogen-bond acceptors (Lipinski definition) is 2. The van der Waals surface area contributed by atoms with E-state index in [-0.39, 0.29) is 6.10 Å². The van der Waals surface area contributed by atoms with E-state index in [0.717, 1.165) is 19.4 Å². The van der Waals surface area contributed by atoms with Crippen molar-refractivity contribution >= 4 is 0 Å². The molecule has 4 atom stereocenters. The summed E-state index contributed by atoms with van der Waals surface area (Å²) < 4.78 is 6.07. The Morgan fingerprint density at radius 1 is 0.696 bits per heavy atom. The zero-order chi connectivity index (χ0) is 16.3. The van der Waals surface area contributed by atoms with E-state index in [1.54, 1.807) is 0 Å². The fourth-order valence-electron chi connectivity index (χ4n) is 4.57. The van der Waals surface area contributed by atoms with Crippen molar-refractivity contribution < 1.29 is 9.84 Å². The van der Waals surface area contributed by atoms with Crippen molar-refractivity contribution in [3.63, 3.8) is 0 Å². The summed E-state index contributed by atoms with van der Waals surface area (Å²) in [7, 11) is 0. The lowest BCUT2D eigenvalue weighted by molar-refractivity contribution is -0.0126. The number of hydrogen-bond donors (Lipinski definition) is 1. The Kier molecular flexibility index (Phi) is 9.60. The summed E-state index contributed by atoms with van der Waals surface area (Å²) in [5.74, 6) is 1.21. The molecule has 2 saturated carbocycles. The Bertz CT molecular complexity index is 290. The van der Waals surface area contributed by atoms with Crippen LogP contribution in [0.2, 0.25) is 0 Å². The quantitative estimate of drug-likeness (QED) is 0.405. The third kappa shape index (κ3) is 7.13. The second-order valence-corrected chi connectivity index (χ2v) is 8.09. The molecule has 0 aliphatic heterocycles. The van der Waals surface area contributed by atoms with Crippen molar-refractivity contribution in [3.05, 3.63) is 0 Å². The Morgan fingerprint density at radius 2 is 1.26 bits per heavy atom. The number of aliphatic hydroxyl groups is 1. The van der Waals surface area contributed by atoms with Gasteiger partial charge in [0.1, 0.15) is 0 Å². The lowest BCUT2D eigenvalue weighted by Gasteiger charge is -2.25. The second kappa shape index (κ2) is 11.5. The first-order valence-electron chi connectivity index (χ1n) is 10.6. The largest absolute Gasteiger partial charge is 0.393 e.